The zero-order valence-corrected chi connectivity index (χ0v) is 21.1. The predicted octanol–water partition coefficient (Wildman–Crippen LogP) is 1.26. The Morgan fingerprint density at radius 2 is 1.83 bits per heavy atom. The molecule has 1 saturated carbocycles. The molecular weight excluding hydrogens is 507 g/mol. The van der Waals surface area contributed by atoms with Crippen molar-refractivity contribution in [2.24, 2.45) is 4.99 Å². The minimum Gasteiger partial charge on any atom is -0.379 e. The second-order valence-electron chi connectivity index (χ2n) is 7.75. The van der Waals surface area contributed by atoms with E-state index >= 15 is 0 Å². The van der Waals surface area contributed by atoms with E-state index in [1.807, 2.05) is 0 Å². The Bertz CT molecular complexity index is 577. The van der Waals surface area contributed by atoms with Gasteiger partial charge < -0.3 is 20.1 Å². The van der Waals surface area contributed by atoms with Crippen molar-refractivity contribution in [1.82, 2.24) is 15.5 Å². The van der Waals surface area contributed by atoms with Crippen molar-refractivity contribution in [3.8, 4) is 0 Å². The third-order valence-electron chi connectivity index (χ3n) is 5.48. The van der Waals surface area contributed by atoms with Crippen LogP contribution in [0.3, 0.4) is 0 Å². The Morgan fingerprint density at radius 1 is 1.14 bits per heavy atom. The number of hydrogen-bond donors (Lipinski definition) is 2. The first-order valence-electron chi connectivity index (χ1n) is 10.6. The monoisotopic (exact) mass is 546 g/mol. The van der Waals surface area contributed by atoms with Gasteiger partial charge in [-0.05, 0) is 19.8 Å². The van der Waals surface area contributed by atoms with Crippen molar-refractivity contribution >= 4 is 39.8 Å². The summed E-state index contributed by atoms with van der Waals surface area (Å²) >= 11 is 0. The second-order valence-corrected chi connectivity index (χ2v) is 10.0. The summed E-state index contributed by atoms with van der Waals surface area (Å²) in [5.74, 6) is 0.857. The van der Waals surface area contributed by atoms with E-state index in [9.17, 15) is 8.42 Å². The maximum atomic E-state index is 11.1. The summed E-state index contributed by atoms with van der Waals surface area (Å²) < 4.78 is 33.2. The third kappa shape index (κ3) is 10.1. The molecule has 1 aliphatic carbocycles. The molecule has 0 atom stereocenters. The number of rotatable bonds is 10. The molecule has 0 spiro atoms. The van der Waals surface area contributed by atoms with E-state index < -0.39 is 9.84 Å². The fraction of sp³-hybridized carbons (Fsp3) is 0.947. The van der Waals surface area contributed by atoms with Gasteiger partial charge in [-0.3, -0.25) is 9.89 Å². The number of sulfone groups is 1. The molecule has 0 aromatic heterocycles. The van der Waals surface area contributed by atoms with E-state index in [-0.39, 0.29) is 41.9 Å². The van der Waals surface area contributed by atoms with Crippen LogP contribution in [0.25, 0.3) is 0 Å². The molecule has 1 saturated heterocycles. The molecule has 1 heterocycles. The molecule has 2 N–H and O–H groups in total. The van der Waals surface area contributed by atoms with E-state index in [4.69, 9.17) is 14.5 Å². The molecule has 0 unspecified atom stereocenters. The molecule has 10 heteroatoms. The van der Waals surface area contributed by atoms with Crippen molar-refractivity contribution in [3.63, 3.8) is 0 Å². The highest BCUT2D eigenvalue weighted by Crippen LogP contribution is 2.34. The number of hydrogen-bond acceptors (Lipinski definition) is 6. The van der Waals surface area contributed by atoms with Crippen LogP contribution in [0.4, 0.5) is 0 Å². The molecule has 0 radical (unpaired) electrons. The molecule has 0 amide bonds. The number of ether oxygens (including phenoxy) is 2. The number of aliphatic imine (C=N–C) groups is 1. The summed E-state index contributed by atoms with van der Waals surface area (Å²) in [6.07, 6.45) is 7.48. The summed E-state index contributed by atoms with van der Waals surface area (Å²) in [5.41, 5.74) is 0.149. The Kier molecular flexibility index (Phi) is 13.0. The van der Waals surface area contributed by atoms with Crippen LogP contribution in [0.1, 0.15) is 39.0 Å². The molecule has 172 valence electrons. The van der Waals surface area contributed by atoms with E-state index in [0.29, 0.717) is 13.2 Å². The van der Waals surface area contributed by atoms with Crippen molar-refractivity contribution in [3.05, 3.63) is 0 Å². The van der Waals surface area contributed by atoms with Crippen molar-refractivity contribution in [2.45, 2.75) is 44.6 Å². The summed E-state index contributed by atoms with van der Waals surface area (Å²) in [7, 11) is -2.97. The van der Waals surface area contributed by atoms with Crippen LogP contribution < -0.4 is 10.6 Å². The fourth-order valence-electron chi connectivity index (χ4n) is 3.94. The molecule has 0 aromatic rings. The largest absolute Gasteiger partial charge is 0.379 e. The van der Waals surface area contributed by atoms with Gasteiger partial charge in [-0.1, -0.05) is 19.3 Å². The highest BCUT2D eigenvalue weighted by molar-refractivity contribution is 14.0. The van der Waals surface area contributed by atoms with Crippen molar-refractivity contribution < 1.29 is 17.9 Å². The summed E-state index contributed by atoms with van der Waals surface area (Å²) in [6, 6.07) is 0. The van der Waals surface area contributed by atoms with Gasteiger partial charge in [0.25, 0.3) is 0 Å². The van der Waals surface area contributed by atoms with Gasteiger partial charge >= 0.3 is 0 Å². The molecule has 1 aliphatic heterocycles. The first-order valence-corrected chi connectivity index (χ1v) is 12.6. The van der Waals surface area contributed by atoms with Gasteiger partial charge in [-0.15, -0.1) is 24.0 Å². The van der Waals surface area contributed by atoms with Crippen LogP contribution >= 0.6 is 24.0 Å². The van der Waals surface area contributed by atoms with Gasteiger partial charge in [0.1, 0.15) is 9.84 Å². The minimum atomic E-state index is -2.97. The SMILES string of the molecule is CCNC(=NCC1(N2CCOCC2)CCCCC1)NCCOCCS(C)(=O)=O.I. The van der Waals surface area contributed by atoms with Crippen LogP contribution in [0.2, 0.25) is 0 Å². The maximum absolute atomic E-state index is 11.1. The lowest BCUT2D eigenvalue weighted by Crippen LogP contribution is -2.56. The van der Waals surface area contributed by atoms with Crippen LogP contribution in [0.5, 0.6) is 0 Å². The topological polar surface area (TPSA) is 92.3 Å². The Labute approximate surface area is 193 Å². The number of nitrogens with one attached hydrogen (secondary N) is 2. The van der Waals surface area contributed by atoms with Crippen LogP contribution in [0, 0.1) is 0 Å². The summed E-state index contributed by atoms with van der Waals surface area (Å²) in [6.45, 7) is 8.54. The van der Waals surface area contributed by atoms with Crippen molar-refractivity contribution in [2.75, 3.05) is 71.2 Å². The van der Waals surface area contributed by atoms with E-state index in [2.05, 4.69) is 22.5 Å². The molecule has 2 fully saturated rings. The second kappa shape index (κ2) is 14.0. The van der Waals surface area contributed by atoms with Crippen LogP contribution in [-0.2, 0) is 19.3 Å². The smallest absolute Gasteiger partial charge is 0.191 e. The summed E-state index contributed by atoms with van der Waals surface area (Å²) in [4.78, 5) is 7.50. The van der Waals surface area contributed by atoms with Crippen LogP contribution in [0.15, 0.2) is 4.99 Å². The number of nitrogens with zero attached hydrogens (tertiary/aromatic N) is 2. The Balaban J connectivity index is 0.00000420. The average molecular weight is 547 g/mol. The zero-order chi connectivity index (χ0) is 20.3. The first kappa shape index (κ1) is 26.9. The Morgan fingerprint density at radius 3 is 2.45 bits per heavy atom. The zero-order valence-electron chi connectivity index (χ0n) is 18.0. The predicted molar refractivity (Wildman–Crippen MR) is 128 cm³/mol. The van der Waals surface area contributed by atoms with Gasteiger partial charge in [-0.25, -0.2) is 8.42 Å². The highest BCUT2D eigenvalue weighted by Gasteiger charge is 2.38. The summed E-state index contributed by atoms with van der Waals surface area (Å²) in [5, 5.41) is 6.60. The van der Waals surface area contributed by atoms with Gasteiger partial charge in [-0.2, -0.15) is 0 Å². The van der Waals surface area contributed by atoms with E-state index in [0.717, 1.165) is 45.4 Å². The minimum absolute atomic E-state index is 0. The molecular formula is C19H39IN4O4S. The molecule has 2 aliphatic rings. The van der Waals surface area contributed by atoms with E-state index in [1.165, 1.54) is 38.4 Å². The lowest BCUT2D eigenvalue weighted by molar-refractivity contribution is -0.0333. The molecule has 8 nitrogen and oxygen atoms in total. The molecule has 29 heavy (non-hydrogen) atoms. The average Bonchev–Trinajstić information content (AvgIpc) is 2.69. The molecule has 0 bridgehead atoms. The molecule has 0 aromatic carbocycles. The van der Waals surface area contributed by atoms with Crippen LogP contribution in [-0.4, -0.2) is 96.0 Å². The lowest BCUT2D eigenvalue weighted by Gasteiger charge is -2.47. The van der Waals surface area contributed by atoms with Gasteiger partial charge in [0.2, 0.25) is 0 Å². The van der Waals surface area contributed by atoms with Gasteiger partial charge in [0, 0.05) is 38.0 Å². The highest BCUT2D eigenvalue weighted by atomic mass is 127. The molecule has 2 rings (SSSR count). The quantitative estimate of drug-likeness (QED) is 0.185. The van der Waals surface area contributed by atoms with Crippen molar-refractivity contribution in [1.29, 1.82) is 0 Å². The van der Waals surface area contributed by atoms with E-state index in [1.54, 1.807) is 0 Å². The number of guanidine groups is 1. The lowest BCUT2D eigenvalue weighted by atomic mass is 9.80. The first-order chi connectivity index (χ1) is 13.5. The van der Waals surface area contributed by atoms with Gasteiger partial charge in [0.05, 0.1) is 38.7 Å². The van der Waals surface area contributed by atoms with Gasteiger partial charge in [0.15, 0.2) is 5.96 Å². The normalized spacial score (nSPS) is 20.7. The fourth-order valence-corrected chi connectivity index (χ4v) is 4.36. The third-order valence-corrected chi connectivity index (χ3v) is 6.39. The maximum Gasteiger partial charge on any atom is 0.191 e. The number of halogens is 1. The number of morpholine rings is 1. The Hall–Kier alpha value is -0.170. The standard InChI is InChI=1S/C19H38N4O4S.HI/c1-3-20-18(21-9-12-26-15-16-28(2,24)25)22-17-19(7-5-4-6-8-19)23-10-13-27-14-11-23;/h3-17H2,1-2H3,(H2,20,21,22);1H.